The van der Waals surface area contributed by atoms with E-state index in [0.29, 0.717) is 12.8 Å². The van der Waals surface area contributed by atoms with Gasteiger partial charge in [0.25, 0.3) is 11.7 Å². The minimum atomic E-state index is -4.13. The van der Waals surface area contributed by atoms with Gasteiger partial charge in [-0.05, 0) is 6.42 Å². The number of ether oxygens (including phenoxy) is 1. The fourth-order valence-electron chi connectivity index (χ4n) is 3.00. The zero-order chi connectivity index (χ0) is 18.3. The number of carbonyl (C=O) groups excluding carboxylic acids is 1. The van der Waals surface area contributed by atoms with E-state index in [1.54, 1.807) is 0 Å². The highest BCUT2D eigenvalue weighted by atomic mass is 19.3. The van der Waals surface area contributed by atoms with Crippen LogP contribution in [0.15, 0.2) is 0 Å². The molecule has 140 valence electrons. The minimum absolute atomic E-state index is 0.0395. The van der Waals surface area contributed by atoms with E-state index in [2.05, 4.69) is 10.5 Å². The molecule has 2 fully saturated rings. The molecule has 2 aliphatic heterocycles. The van der Waals surface area contributed by atoms with Gasteiger partial charge in [0.15, 0.2) is 6.04 Å². The van der Waals surface area contributed by atoms with E-state index in [1.165, 1.54) is 0 Å². The van der Waals surface area contributed by atoms with Crippen molar-refractivity contribution < 1.29 is 49.6 Å². The fraction of sp³-hybridized carbons (Fsp3) is 0.923. The van der Waals surface area contributed by atoms with Gasteiger partial charge in [-0.2, -0.15) is 8.78 Å². The molecule has 11 heteroatoms. The van der Waals surface area contributed by atoms with Crippen LogP contribution >= 0.6 is 0 Å². The van der Waals surface area contributed by atoms with Crippen LogP contribution in [0.2, 0.25) is 0 Å². The summed E-state index contributed by atoms with van der Waals surface area (Å²) in [6, 6.07) is -0.673. The van der Waals surface area contributed by atoms with E-state index >= 15 is 0 Å². The molecule has 0 aromatic rings. The number of likely N-dealkylation sites (tertiary alicyclic amines) is 1. The van der Waals surface area contributed by atoms with Gasteiger partial charge in [0.05, 0.1) is 13.2 Å². The van der Waals surface area contributed by atoms with Crippen LogP contribution in [0.25, 0.3) is 0 Å². The zero-order valence-electron chi connectivity index (χ0n) is 12.9. The highest BCUT2D eigenvalue weighted by Gasteiger charge is 2.68. The molecule has 0 aliphatic carbocycles. The van der Waals surface area contributed by atoms with Crippen molar-refractivity contribution in [2.24, 2.45) is 0 Å². The van der Waals surface area contributed by atoms with Crippen molar-refractivity contribution in [2.75, 3.05) is 19.7 Å². The summed E-state index contributed by atoms with van der Waals surface area (Å²) in [5.74, 6) is -8.25. The molecule has 0 aromatic heterocycles. The standard InChI is InChI=1S/C13H22F2N2O7/c14-12(15,5-17-3-1-2-6(16)11(17)22)13(23)10(21)8(20)9(24-13)7(19)4-18/h6-10,18-21,23H,1-5,16H2/p+1/t6-,7?,8-,9-,10+,13+/m0/s1. The Morgan fingerprint density at radius 2 is 2.08 bits per heavy atom. The van der Waals surface area contributed by atoms with Gasteiger partial charge in [-0.15, -0.1) is 0 Å². The van der Waals surface area contributed by atoms with Gasteiger partial charge in [-0.25, -0.2) is 0 Å². The summed E-state index contributed by atoms with van der Waals surface area (Å²) in [6.45, 7) is -2.12. The number of quaternary nitrogens is 1. The van der Waals surface area contributed by atoms with Crippen LogP contribution in [0.1, 0.15) is 12.8 Å². The first-order valence-corrected chi connectivity index (χ1v) is 7.60. The number of hydrogen-bond acceptors (Lipinski definition) is 7. The molecule has 9 nitrogen and oxygen atoms in total. The van der Waals surface area contributed by atoms with E-state index in [0.717, 1.165) is 4.90 Å². The molecule has 2 saturated heterocycles. The van der Waals surface area contributed by atoms with Gasteiger partial charge in [0, 0.05) is 13.0 Å². The molecule has 0 radical (unpaired) electrons. The van der Waals surface area contributed by atoms with E-state index in [4.69, 9.17) is 5.11 Å². The smallest absolute Gasteiger partial charge is 0.320 e. The predicted octanol–water partition coefficient (Wildman–Crippen LogP) is -3.98. The molecule has 8 N–H and O–H groups in total. The second-order valence-electron chi connectivity index (χ2n) is 6.27. The molecule has 6 atom stereocenters. The molecule has 1 unspecified atom stereocenters. The van der Waals surface area contributed by atoms with Crippen molar-refractivity contribution in [3.63, 3.8) is 0 Å². The van der Waals surface area contributed by atoms with Gasteiger partial charge in [-0.1, -0.05) is 0 Å². The van der Waals surface area contributed by atoms with Crippen LogP contribution in [0.3, 0.4) is 0 Å². The Morgan fingerprint density at radius 3 is 2.67 bits per heavy atom. The zero-order valence-corrected chi connectivity index (χ0v) is 12.9. The van der Waals surface area contributed by atoms with Gasteiger partial charge in [0.1, 0.15) is 24.4 Å². The molecule has 0 saturated carbocycles. The monoisotopic (exact) mass is 357 g/mol. The van der Waals surface area contributed by atoms with E-state index in [9.17, 15) is 34.0 Å². The Balaban J connectivity index is 2.19. The largest absolute Gasteiger partial charge is 0.394 e. The maximum absolute atomic E-state index is 14.6. The number of carbonyl (C=O) groups is 1. The second kappa shape index (κ2) is 6.75. The maximum atomic E-state index is 14.6. The number of alkyl halides is 2. The summed E-state index contributed by atoms with van der Waals surface area (Å²) in [5, 5.41) is 48.0. The molecule has 0 spiro atoms. The number of aliphatic hydroxyl groups excluding tert-OH is 4. The van der Waals surface area contributed by atoms with Crippen LogP contribution in [0.4, 0.5) is 8.78 Å². The number of nitrogens with zero attached hydrogens (tertiary/aromatic N) is 1. The molecular weight excluding hydrogens is 334 g/mol. The second-order valence-corrected chi connectivity index (χ2v) is 6.27. The molecular formula is C13H23F2N2O7+. The Hall–Kier alpha value is -0.950. The third kappa shape index (κ3) is 3.12. The van der Waals surface area contributed by atoms with E-state index in [-0.39, 0.29) is 6.54 Å². The molecule has 2 rings (SSSR count). The first-order chi connectivity index (χ1) is 11.0. The van der Waals surface area contributed by atoms with Crippen molar-refractivity contribution in [3.8, 4) is 0 Å². The number of piperidine rings is 1. The highest BCUT2D eigenvalue weighted by molar-refractivity contribution is 5.81. The average Bonchev–Trinajstić information content (AvgIpc) is 2.77. The number of halogens is 2. The Kier molecular flexibility index (Phi) is 5.45. The highest BCUT2D eigenvalue weighted by Crippen LogP contribution is 2.42. The van der Waals surface area contributed by atoms with Crippen molar-refractivity contribution in [1.82, 2.24) is 4.90 Å². The molecule has 2 heterocycles. The average molecular weight is 357 g/mol. The number of aliphatic hydroxyl groups is 5. The lowest BCUT2D eigenvalue weighted by Gasteiger charge is -2.38. The van der Waals surface area contributed by atoms with Gasteiger partial charge in [-0.3, -0.25) is 4.79 Å². The third-order valence-corrected chi connectivity index (χ3v) is 4.50. The maximum Gasteiger partial charge on any atom is 0.320 e. The first-order valence-electron chi connectivity index (χ1n) is 7.60. The van der Waals surface area contributed by atoms with Crippen molar-refractivity contribution in [2.45, 2.75) is 55.0 Å². The predicted molar refractivity (Wildman–Crippen MR) is 72.4 cm³/mol. The summed E-state index contributed by atoms with van der Waals surface area (Å²) in [4.78, 5) is 12.7. The van der Waals surface area contributed by atoms with E-state index in [1.807, 2.05) is 0 Å². The van der Waals surface area contributed by atoms with Crippen molar-refractivity contribution in [3.05, 3.63) is 0 Å². The summed E-state index contributed by atoms with van der Waals surface area (Å²) in [6.07, 6.45) is -7.13. The summed E-state index contributed by atoms with van der Waals surface area (Å²) < 4.78 is 33.8. The lowest BCUT2D eigenvalue weighted by atomic mass is 9.96. The molecule has 2 aliphatic rings. The Morgan fingerprint density at radius 1 is 1.46 bits per heavy atom. The van der Waals surface area contributed by atoms with Crippen molar-refractivity contribution >= 4 is 5.91 Å². The minimum Gasteiger partial charge on any atom is -0.394 e. The van der Waals surface area contributed by atoms with Crippen LogP contribution < -0.4 is 5.73 Å². The third-order valence-electron chi connectivity index (χ3n) is 4.50. The summed E-state index contributed by atoms with van der Waals surface area (Å²) in [5.41, 5.74) is 3.57. The Labute approximate surface area is 136 Å². The summed E-state index contributed by atoms with van der Waals surface area (Å²) >= 11 is 0. The van der Waals surface area contributed by atoms with Gasteiger partial charge < -0.3 is 40.9 Å². The quantitative estimate of drug-likeness (QED) is 0.293. The number of amides is 1. The summed E-state index contributed by atoms with van der Waals surface area (Å²) in [7, 11) is 0. The lowest BCUT2D eigenvalue weighted by Crippen LogP contribution is -2.71. The lowest BCUT2D eigenvalue weighted by molar-refractivity contribution is -0.410. The van der Waals surface area contributed by atoms with Crippen LogP contribution in [0.5, 0.6) is 0 Å². The first kappa shape index (κ1) is 19.4. The molecule has 1 amide bonds. The van der Waals surface area contributed by atoms with Crippen LogP contribution in [-0.4, -0.2) is 98.2 Å². The van der Waals surface area contributed by atoms with Gasteiger partial charge >= 0.3 is 5.92 Å². The number of rotatable bonds is 5. The Bertz CT molecular complexity index is 483. The normalized spacial score (nSPS) is 39.3. The molecule has 24 heavy (non-hydrogen) atoms. The SMILES string of the molecule is [NH3+][C@H]1CCCN(CC(F)(F)[C@]2(O)O[C@@H](C(O)CO)[C@H](O)[C@H]2O)C1=O. The number of hydrogen-bond donors (Lipinski definition) is 6. The molecule has 0 aromatic carbocycles. The van der Waals surface area contributed by atoms with E-state index < -0.39 is 61.2 Å². The van der Waals surface area contributed by atoms with Crippen LogP contribution in [0, 0.1) is 0 Å². The molecule has 0 bridgehead atoms. The topological polar surface area (TPSA) is 158 Å². The fourth-order valence-corrected chi connectivity index (χ4v) is 3.00. The van der Waals surface area contributed by atoms with Gasteiger partial charge in [0.2, 0.25) is 0 Å². The van der Waals surface area contributed by atoms with Crippen LogP contribution in [-0.2, 0) is 9.53 Å². The van der Waals surface area contributed by atoms with Crippen molar-refractivity contribution in [1.29, 1.82) is 0 Å².